The van der Waals surface area contributed by atoms with Crippen molar-refractivity contribution < 1.29 is 9.53 Å². The maximum Gasteiger partial charge on any atom is 0.237 e. The molecule has 4 nitrogen and oxygen atoms in total. The molecule has 1 aliphatic rings. The summed E-state index contributed by atoms with van der Waals surface area (Å²) in [7, 11) is 1.65. The summed E-state index contributed by atoms with van der Waals surface area (Å²) in [4.78, 5) is 12.2. The number of benzene rings is 1. The highest BCUT2D eigenvalue weighted by molar-refractivity contribution is 5.82. The lowest BCUT2D eigenvalue weighted by atomic mass is 9.99. The van der Waals surface area contributed by atoms with Gasteiger partial charge in [-0.3, -0.25) is 4.79 Å². The number of nitrogens with one attached hydrogen (secondary N) is 1. The summed E-state index contributed by atoms with van der Waals surface area (Å²) in [5.74, 6) is 1.44. The largest absolute Gasteiger partial charge is 0.497 e. The van der Waals surface area contributed by atoms with E-state index in [4.69, 9.17) is 10.5 Å². The fourth-order valence-corrected chi connectivity index (χ4v) is 2.27. The van der Waals surface area contributed by atoms with E-state index in [1.807, 2.05) is 38.1 Å². The highest BCUT2D eigenvalue weighted by atomic mass is 16.5. The molecule has 2 rings (SSSR count). The lowest BCUT2D eigenvalue weighted by Gasteiger charge is -2.23. The summed E-state index contributed by atoms with van der Waals surface area (Å²) in [5.41, 5.74) is 7.04. The zero-order valence-corrected chi connectivity index (χ0v) is 12.4. The normalized spacial score (nSPS) is 17.6. The molecule has 1 saturated carbocycles. The smallest absolute Gasteiger partial charge is 0.237 e. The summed E-state index contributed by atoms with van der Waals surface area (Å²) in [6.45, 7) is 3.92. The van der Waals surface area contributed by atoms with Crippen LogP contribution in [0.3, 0.4) is 0 Å². The minimum atomic E-state index is -0.450. The molecule has 1 amide bonds. The Labute approximate surface area is 120 Å². The van der Waals surface area contributed by atoms with Gasteiger partial charge in [-0.05, 0) is 42.4 Å². The second kappa shape index (κ2) is 6.27. The van der Waals surface area contributed by atoms with Gasteiger partial charge in [0.15, 0.2) is 0 Å². The third-order valence-electron chi connectivity index (χ3n) is 3.89. The van der Waals surface area contributed by atoms with E-state index in [1.165, 1.54) is 0 Å². The van der Waals surface area contributed by atoms with Crippen LogP contribution in [-0.4, -0.2) is 19.1 Å². The van der Waals surface area contributed by atoms with Gasteiger partial charge in [-0.25, -0.2) is 0 Å². The molecular weight excluding hydrogens is 252 g/mol. The van der Waals surface area contributed by atoms with Gasteiger partial charge in [0.25, 0.3) is 0 Å². The number of methoxy groups -OCH3 is 1. The molecule has 0 saturated heterocycles. The Morgan fingerprint density at radius 2 is 1.90 bits per heavy atom. The Hall–Kier alpha value is -1.55. The minimum absolute atomic E-state index is 0.0623. The number of amides is 1. The lowest BCUT2D eigenvalue weighted by molar-refractivity contribution is -0.124. The van der Waals surface area contributed by atoms with Crippen LogP contribution in [0.1, 0.15) is 38.3 Å². The van der Waals surface area contributed by atoms with Gasteiger partial charge in [0.05, 0.1) is 19.2 Å². The van der Waals surface area contributed by atoms with E-state index >= 15 is 0 Å². The molecule has 20 heavy (non-hydrogen) atoms. The molecule has 110 valence electrons. The molecule has 4 heteroatoms. The van der Waals surface area contributed by atoms with Crippen molar-refractivity contribution in [2.45, 2.75) is 38.8 Å². The number of rotatable bonds is 6. The van der Waals surface area contributed by atoms with E-state index in [2.05, 4.69) is 5.32 Å². The van der Waals surface area contributed by atoms with Crippen molar-refractivity contribution in [3.8, 4) is 5.75 Å². The quantitative estimate of drug-likeness (QED) is 0.837. The summed E-state index contributed by atoms with van der Waals surface area (Å²) in [5, 5.41) is 3.11. The first-order valence-corrected chi connectivity index (χ1v) is 7.23. The third-order valence-corrected chi connectivity index (χ3v) is 3.89. The average Bonchev–Trinajstić information content (AvgIpc) is 3.28. The molecule has 2 atom stereocenters. The molecule has 1 unspecified atom stereocenters. The average molecular weight is 276 g/mol. The topological polar surface area (TPSA) is 64.3 Å². The molecule has 3 N–H and O–H groups in total. The van der Waals surface area contributed by atoms with Gasteiger partial charge in [-0.2, -0.15) is 0 Å². The van der Waals surface area contributed by atoms with Gasteiger partial charge in [-0.15, -0.1) is 0 Å². The number of hydrogen-bond acceptors (Lipinski definition) is 3. The Kier molecular flexibility index (Phi) is 4.65. The van der Waals surface area contributed by atoms with Crippen LogP contribution in [0.15, 0.2) is 24.3 Å². The summed E-state index contributed by atoms with van der Waals surface area (Å²) < 4.78 is 5.17. The second-order valence-corrected chi connectivity index (χ2v) is 5.87. The Morgan fingerprint density at radius 3 is 2.35 bits per heavy atom. The SMILES string of the molecule is COc1ccc(C(NC(=O)[C@H](N)C(C)C)C2CC2)cc1. The standard InChI is InChI=1S/C16H24N2O2/c1-10(2)14(17)16(19)18-15(11-4-5-11)12-6-8-13(20-3)9-7-12/h6-11,14-15H,4-5,17H2,1-3H3,(H,18,19)/t14-,15?/m1/s1. The van der Waals surface area contributed by atoms with Crippen LogP contribution in [0.4, 0.5) is 0 Å². The van der Waals surface area contributed by atoms with Crippen molar-refractivity contribution in [2.24, 2.45) is 17.6 Å². The van der Waals surface area contributed by atoms with Gasteiger partial charge >= 0.3 is 0 Å². The number of hydrogen-bond donors (Lipinski definition) is 2. The number of nitrogens with two attached hydrogens (primary N) is 1. The fraction of sp³-hybridized carbons (Fsp3) is 0.562. The Bertz CT molecular complexity index is 452. The van der Waals surface area contributed by atoms with Gasteiger partial charge in [-0.1, -0.05) is 26.0 Å². The first kappa shape index (κ1) is 14.9. The van der Waals surface area contributed by atoms with Crippen molar-refractivity contribution >= 4 is 5.91 Å². The monoisotopic (exact) mass is 276 g/mol. The van der Waals surface area contributed by atoms with Crippen LogP contribution in [0.2, 0.25) is 0 Å². The van der Waals surface area contributed by atoms with E-state index in [9.17, 15) is 4.79 Å². The van der Waals surface area contributed by atoms with Crippen molar-refractivity contribution in [3.63, 3.8) is 0 Å². The molecule has 0 spiro atoms. The van der Waals surface area contributed by atoms with Gasteiger partial charge in [0.2, 0.25) is 5.91 Å². The molecular formula is C16H24N2O2. The van der Waals surface area contributed by atoms with E-state index in [1.54, 1.807) is 7.11 Å². The van der Waals surface area contributed by atoms with Crippen LogP contribution in [0.5, 0.6) is 5.75 Å². The second-order valence-electron chi connectivity index (χ2n) is 5.87. The van der Waals surface area contributed by atoms with E-state index in [0.29, 0.717) is 5.92 Å². The molecule has 1 fully saturated rings. The maximum atomic E-state index is 12.2. The van der Waals surface area contributed by atoms with E-state index < -0.39 is 6.04 Å². The highest BCUT2D eigenvalue weighted by Crippen LogP contribution is 2.41. The molecule has 0 aliphatic heterocycles. The minimum Gasteiger partial charge on any atom is -0.497 e. The highest BCUT2D eigenvalue weighted by Gasteiger charge is 2.34. The molecule has 1 aromatic rings. The maximum absolute atomic E-state index is 12.2. The number of ether oxygens (including phenoxy) is 1. The van der Waals surface area contributed by atoms with Crippen molar-refractivity contribution in [2.75, 3.05) is 7.11 Å². The van der Waals surface area contributed by atoms with E-state index in [-0.39, 0.29) is 17.9 Å². The zero-order chi connectivity index (χ0) is 14.7. The van der Waals surface area contributed by atoms with Crippen LogP contribution in [-0.2, 0) is 4.79 Å². The lowest BCUT2D eigenvalue weighted by Crippen LogP contribution is -2.45. The number of carbonyl (C=O) groups excluding carboxylic acids is 1. The van der Waals surface area contributed by atoms with Crippen molar-refractivity contribution in [1.29, 1.82) is 0 Å². The van der Waals surface area contributed by atoms with Crippen LogP contribution in [0.25, 0.3) is 0 Å². The predicted molar refractivity (Wildman–Crippen MR) is 79.4 cm³/mol. The molecule has 0 aromatic heterocycles. The molecule has 0 heterocycles. The van der Waals surface area contributed by atoms with Crippen molar-refractivity contribution in [3.05, 3.63) is 29.8 Å². The zero-order valence-electron chi connectivity index (χ0n) is 12.4. The molecule has 1 aliphatic carbocycles. The molecule has 0 bridgehead atoms. The summed E-state index contributed by atoms with van der Waals surface area (Å²) in [6.07, 6.45) is 2.32. The molecule has 1 aromatic carbocycles. The van der Waals surface area contributed by atoms with Crippen LogP contribution < -0.4 is 15.8 Å². The van der Waals surface area contributed by atoms with Crippen molar-refractivity contribution in [1.82, 2.24) is 5.32 Å². The Balaban J connectivity index is 2.08. The third kappa shape index (κ3) is 3.51. The number of carbonyl (C=O) groups is 1. The van der Waals surface area contributed by atoms with Gasteiger partial charge in [0.1, 0.15) is 5.75 Å². The van der Waals surface area contributed by atoms with Gasteiger partial charge < -0.3 is 15.8 Å². The van der Waals surface area contributed by atoms with E-state index in [0.717, 1.165) is 24.2 Å². The van der Waals surface area contributed by atoms with Crippen LogP contribution >= 0.6 is 0 Å². The fourth-order valence-electron chi connectivity index (χ4n) is 2.27. The van der Waals surface area contributed by atoms with Crippen LogP contribution in [0, 0.1) is 11.8 Å². The molecule has 0 radical (unpaired) electrons. The first-order valence-electron chi connectivity index (χ1n) is 7.23. The summed E-state index contributed by atoms with van der Waals surface area (Å²) >= 11 is 0. The summed E-state index contributed by atoms with van der Waals surface area (Å²) in [6, 6.07) is 7.51. The van der Waals surface area contributed by atoms with Gasteiger partial charge in [0, 0.05) is 0 Å². The first-order chi connectivity index (χ1) is 9.52. The predicted octanol–water partition coefficient (Wildman–Crippen LogP) is 2.25. The Morgan fingerprint density at radius 1 is 1.30 bits per heavy atom.